The second-order valence-corrected chi connectivity index (χ2v) is 5.37. The minimum atomic E-state index is -0.214. The van der Waals surface area contributed by atoms with Gasteiger partial charge in [0.25, 0.3) is 0 Å². The number of hydrogen-bond acceptors (Lipinski definition) is 1. The van der Waals surface area contributed by atoms with Crippen molar-refractivity contribution in [2.24, 2.45) is 11.8 Å². The lowest BCUT2D eigenvalue weighted by Gasteiger charge is -2.27. The Morgan fingerprint density at radius 3 is 2.41 bits per heavy atom. The summed E-state index contributed by atoms with van der Waals surface area (Å²) in [7, 11) is 1.93. The highest BCUT2D eigenvalue weighted by molar-refractivity contribution is 6.30. The van der Waals surface area contributed by atoms with Gasteiger partial charge in [0.15, 0.2) is 0 Å². The van der Waals surface area contributed by atoms with Crippen LogP contribution in [0.4, 0.5) is 4.39 Å². The van der Waals surface area contributed by atoms with Gasteiger partial charge in [-0.2, -0.15) is 0 Å². The maximum Gasteiger partial charge on any atom is 0.127 e. The molecule has 0 saturated carbocycles. The fourth-order valence-electron chi connectivity index (χ4n) is 1.94. The molecule has 2 atom stereocenters. The molecule has 96 valence electrons. The van der Waals surface area contributed by atoms with Gasteiger partial charge in [-0.05, 0) is 43.0 Å². The fraction of sp³-hybridized carbons (Fsp3) is 0.571. The molecule has 1 aromatic rings. The zero-order valence-corrected chi connectivity index (χ0v) is 11.7. The fourth-order valence-corrected chi connectivity index (χ4v) is 2.10. The van der Waals surface area contributed by atoms with Crippen LogP contribution in [-0.4, -0.2) is 13.1 Å². The summed E-state index contributed by atoms with van der Waals surface area (Å²) in [6.07, 6.45) is 0.693. The molecule has 1 nitrogen and oxygen atoms in total. The average Bonchev–Trinajstić information content (AvgIpc) is 2.27. The maximum atomic E-state index is 13.7. The molecule has 1 rings (SSSR count). The molecular formula is C14H21ClFN. The van der Waals surface area contributed by atoms with Crippen molar-refractivity contribution in [1.29, 1.82) is 0 Å². The third-order valence-corrected chi connectivity index (χ3v) is 3.75. The van der Waals surface area contributed by atoms with Crippen LogP contribution >= 0.6 is 11.6 Å². The molecule has 0 aliphatic heterocycles. The standard InChI is InChI=1S/C14H21ClFN/c1-9(2)10(3)14(17-4)7-11-5-6-12(15)8-13(11)16/h5-6,8-10,14,17H,7H2,1-4H3. The van der Waals surface area contributed by atoms with Gasteiger partial charge in [-0.3, -0.25) is 0 Å². The first kappa shape index (κ1) is 14.5. The van der Waals surface area contributed by atoms with Crippen LogP contribution in [0.15, 0.2) is 18.2 Å². The van der Waals surface area contributed by atoms with E-state index in [1.54, 1.807) is 12.1 Å². The van der Waals surface area contributed by atoms with Crippen molar-refractivity contribution in [3.8, 4) is 0 Å². The van der Waals surface area contributed by atoms with Crippen LogP contribution < -0.4 is 5.32 Å². The molecule has 0 heterocycles. The van der Waals surface area contributed by atoms with Crippen LogP contribution in [0.2, 0.25) is 5.02 Å². The average molecular weight is 258 g/mol. The largest absolute Gasteiger partial charge is 0.316 e. The Kier molecular flexibility index (Phi) is 5.41. The van der Waals surface area contributed by atoms with Crippen LogP contribution in [0.1, 0.15) is 26.3 Å². The molecule has 0 bridgehead atoms. The third kappa shape index (κ3) is 3.97. The Hall–Kier alpha value is -0.600. The van der Waals surface area contributed by atoms with Crippen LogP contribution in [0.5, 0.6) is 0 Å². The van der Waals surface area contributed by atoms with Gasteiger partial charge >= 0.3 is 0 Å². The minimum absolute atomic E-state index is 0.214. The van der Waals surface area contributed by atoms with Crippen LogP contribution in [0.25, 0.3) is 0 Å². The predicted octanol–water partition coefficient (Wildman–Crippen LogP) is 3.90. The second kappa shape index (κ2) is 6.36. The number of hydrogen-bond donors (Lipinski definition) is 1. The first-order valence-electron chi connectivity index (χ1n) is 6.07. The highest BCUT2D eigenvalue weighted by Crippen LogP contribution is 2.21. The van der Waals surface area contributed by atoms with E-state index >= 15 is 0 Å². The number of benzene rings is 1. The number of nitrogens with one attached hydrogen (secondary N) is 1. The molecular weight excluding hydrogens is 237 g/mol. The Balaban J connectivity index is 2.80. The van der Waals surface area contributed by atoms with Crippen molar-refractivity contribution < 1.29 is 4.39 Å². The lowest BCUT2D eigenvalue weighted by molar-refractivity contribution is 0.308. The molecule has 0 amide bonds. The first-order chi connectivity index (χ1) is 7.95. The summed E-state index contributed by atoms with van der Waals surface area (Å²) in [5.41, 5.74) is 0.723. The van der Waals surface area contributed by atoms with E-state index in [0.29, 0.717) is 23.3 Å². The molecule has 0 aliphatic rings. The summed E-state index contributed by atoms with van der Waals surface area (Å²) in [6.45, 7) is 6.57. The molecule has 0 fully saturated rings. The van der Waals surface area contributed by atoms with Crippen molar-refractivity contribution >= 4 is 11.6 Å². The quantitative estimate of drug-likeness (QED) is 0.844. The maximum absolute atomic E-state index is 13.7. The summed E-state index contributed by atoms with van der Waals surface area (Å²) < 4.78 is 13.7. The smallest absolute Gasteiger partial charge is 0.127 e. The van der Waals surface area contributed by atoms with Gasteiger partial charge in [0.05, 0.1) is 0 Å². The van der Waals surface area contributed by atoms with Gasteiger partial charge in [0.1, 0.15) is 5.82 Å². The van der Waals surface area contributed by atoms with E-state index in [0.717, 1.165) is 5.56 Å². The second-order valence-electron chi connectivity index (χ2n) is 4.94. The monoisotopic (exact) mass is 257 g/mol. The molecule has 0 saturated heterocycles. The van der Waals surface area contributed by atoms with Gasteiger partial charge in [0.2, 0.25) is 0 Å². The van der Waals surface area contributed by atoms with Gasteiger partial charge in [-0.15, -0.1) is 0 Å². The zero-order chi connectivity index (χ0) is 13.0. The van der Waals surface area contributed by atoms with Crippen molar-refractivity contribution in [1.82, 2.24) is 5.32 Å². The van der Waals surface area contributed by atoms with Crippen molar-refractivity contribution in [3.05, 3.63) is 34.6 Å². The molecule has 2 unspecified atom stereocenters. The van der Waals surface area contributed by atoms with Crippen molar-refractivity contribution in [2.75, 3.05) is 7.05 Å². The Bertz CT molecular complexity index is 365. The lowest BCUT2D eigenvalue weighted by Crippen LogP contribution is -2.36. The first-order valence-corrected chi connectivity index (χ1v) is 6.44. The molecule has 0 aliphatic carbocycles. The van der Waals surface area contributed by atoms with E-state index in [1.807, 2.05) is 7.05 Å². The summed E-state index contributed by atoms with van der Waals surface area (Å²) >= 11 is 5.74. The highest BCUT2D eigenvalue weighted by atomic mass is 35.5. The molecule has 17 heavy (non-hydrogen) atoms. The predicted molar refractivity (Wildman–Crippen MR) is 72.0 cm³/mol. The number of rotatable bonds is 5. The van der Waals surface area contributed by atoms with Gasteiger partial charge in [-0.1, -0.05) is 38.4 Å². The molecule has 1 aromatic carbocycles. The summed E-state index contributed by atoms with van der Waals surface area (Å²) in [6, 6.07) is 5.18. The van der Waals surface area contributed by atoms with Crippen LogP contribution in [0, 0.1) is 17.7 Å². The summed E-state index contributed by atoms with van der Waals surface area (Å²) in [5.74, 6) is 0.853. The molecule has 0 aromatic heterocycles. The van der Waals surface area contributed by atoms with Gasteiger partial charge in [0, 0.05) is 11.1 Å². The molecule has 1 N–H and O–H groups in total. The van der Waals surface area contributed by atoms with Crippen LogP contribution in [0.3, 0.4) is 0 Å². The van der Waals surface area contributed by atoms with Crippen molar-refractivity contribution in [3.63, 3.8) is 0 Å². The summed E-state index contributed by atoms with van der Waals surface area (Å²) in [5, 5.41) is 3.72. The van der Waals surface area contributed by atoms with E-state index in [1.165, 1.54) is 6.07 Å². The van der Waals surface area contributed by atoms with E-state index in [4.69, 9.17) is 11.6 Å². The minimum Gasteiger partial charge on any atom is -0.316 e. The Labute approximate surface area is 108 Å². The zero-order valence-electron chi connectivity index (χ0n) is 10.9. The number of halogens is 2. The molecule has 0 spiro atoms. The summed E-state index contributed by atoms with van der Waals surface area (Å²) in [4.78, 5) is 0. The normalized spacial score (nSPS) is 15.0. The van der Waals surface area contributed by atoms with E-state index < -0.39 is 0 Å². The van der Waals surface area contributed by atoms with Crippen LogP contribution in [-0.2, 0) is 6.42 Å². The Morgan fingerprint density at radius 2 is 1.94 bits per heavy atom. The third-order valence-electron chi connectivity index (χ3n) is 3.51. The highest BCUT2D eigenvalue weighted by Gasteiger charge is 2.20. The lowest BCUT2D eigenvalue weighted by atomic mass is 9.86. The number of likely N-dealkylation sites (N-methyl/N-ethyl adjacent to an activating group) is 1. The topological polar surface area (TPSA) is 12.0 Å². The van der Waals surface area contributed by atoms with Gasteiger partial charge < -0.3 is 5.32 Å². The van der Waals surface area contributed by atoms with E-state index in [-0.39, 0.29) is 11.9 Å². The molecule has 3 heteroatoms. The van der Waals surface area contributed by atoms with Crippen molar-refractivity contribution in [2.45, 2.75) is 33.2 Å². The van der Waals surface area contributed by atoms with E-state index in [9.17, 15) is 4.39 Å². The Morgan fingerprint density at radius 1 is 1.29 bits per heavy atom. The van der Waals surface area contributed by atoms with Gasteiger partial charge in [-0.25, -0.2) is 4.39 Å². The molecule has 0 radical (unpaired) electrons. The SMILES string of the molecule is CNC(Cc1ccc(Cl)cc1F)C(C)C(C)C. The van der Waals surface area contributed by atoms with E-state index in [2.05, 4.69) is 26.1 Å².